The van der Waals surface area contributed by atoms with Crippen LogP contribution in [-0.2, 0) is 16.1 Å². The summed E-state index contributed by atoms with van der Waals surface area (Å²) in [5.41, 5.74) is 0.865. The van der Waals surface area contributed by atoms with E-state index in [-0.39, 0.29) is 12.5 Å². The van der Waals surface area contributed by atoms with E-state index in [1.165, 1.54) is 4.90 Å². The minimum absolute atomic E-state index is 0.0194. The smallest absolute Gasteiger partial charge is 0.241 e. The fourth-order valence-electron chi connectivity index (χ4n) is 1.41. The number of nitrogens with one attached hydrogen (secondary N) is 2. The number of carbonyl (C=O) groups excluding carboxylic acids is 1. The minimum Gasteiger partial charge on any atom is -0.383 e. The van der Waals surface area contributed by atoms with E-state index in [9.17, 15) is 4.79 Å². The Hall–Kier alpha value is -2.15. The Labute approximate surface area is 125 Å². The van der Waals surface area contributed by atoms with Crippen molar-refractivity contribution in [2.45, 2.75) is 6.54 Å². The van der Waals surface area contributed by atoms with Crippen LogP contribution in [0.5, 0.6) is 0 Å². The molecule has 2 N–H and O–H groups in total. The monoisotopic (exact) mass is 293 g/mol. The first-order valence-electron chi connectivity index (χ1n) is 6.74. The number of methoxy groups -OCH3 is 1. The van der Waals surface area contributed by atoms with Crippen molar-refractivity contribution < 1.29 is 9.53 Å². The number of nitrogens with zero attached hydrogens (tertiary/aromatic N) is 3. The Morgan fingerprint density at radius 2 is 2.19 bits per heavy atom. The second-order valence-electron chi connectivity index (χ2n) is 4.55. The van der Waals surface area contributed by atoms with E-state index in [0.717, 1.165) is 5.69 Å². The third-order valence-corrected chi connectivity index (χ3v) is 2.63. The maximum Gasteiger partial charge on any atom is 0.241 e. The molecule has 0 atom stereocenters. The second kappa shape index (κ2) is 9.71. The van der Waals surface area contributed by atoms with Gasteiger partial charge in [0.25, 0.3) is 0 Å². The summed E-state index contributed by atoms with van der Waals surface area (Å²) in [4.78, 5) is 21.7. The van der Waals surface area contributed by atoms with Crippen LogP contribution in [-0.4, -0.2) is 62.7 Å². The highest BCUT2D eigenvalue weighted by molar-refractivity contribution is 5.86. The van der Waals surface area contributed by atoms with E-state index in [1.807, 2.05) is 18.2 Å². The number of aliphatic imine (C=N–C) groups is 1. The van der Waals surface area contributed by atoms with Crippen LogP contribution in [0.4, 0.5) is 0 Å². The van der Waals surface area contributed by atoms with Crippen molar-refractivity contribution >= 4 is 11.9 Å². The lowest BCUT2D eigenvalue weighted by Gasteiger charge is -2.14. The van der Waals surface area contributed by atoms with Crippen LogP contribution in [0.3, 0.4) is 0 Å². The quantitative estimate of drug-likeness (QED) is 0.415. The first kappa shape index (κ1) is 16.9. The number of hydrogen-bond acceptors (Lipinski definition) is 4. The molecule has 1 aromatic heterocycles. The average Bonchev–Trinajstić information content (AvgIpc) is 2.50. The molecule has 0 aliphatic carbocycles. The highest BCUT2D eigenvalue weighted by atomic mass is 16.5. The normalized spacial score (nSPS) is 11.1. The molecular weight excluding hydrogens is 270 g/mol. The lowest BCUT2D eigenvalue weighted by Crippen LogP contribution is -2.43. The molecule has 0 radical (unpaired) electrons. The summed E-state index contributed by atoms with van der Waals surface area (Å²) in [6, 6.07) is 5.68. The molecule has 0 saturated heterocycles. The van der Waals surface area contributed by atoms with Crippen LogP contribution in [0.25, 0.3) is 0 Å². The van der Waals surface area contributed by atoms with Gasteiger partial charge in [-0.3, -0.25) is 9.78 Å². The Bertz CT molecular complexity index is 448. The van der Waals surface area contributed by atoms with Gasteiger partial charge in [0, 0.05) is 33.9 Å². The number of aromatic nitrogens is 1. The van der Waals surface area contributed by atoms with Crippen molar-refractivity contribution in [1.82, 2.24) is 20.5 Å². The van der Waals surface area contributed by atoms with E-state index in [0.29, 0.717) is 25.7 Å². The summed E-state index contributed by atoms with van der Waals surface area (Å²) < 4.78 is 4.99. The van der Waals surface area contributed by atoms with Crippen LogP contribution < -0.4 is 10.6 Å². The number of likely N-dealkylation sites (N-methyl/N-ethyl adjacent to an activating group) is 1. The Balaban J connectivity index is 2.56. The fourth-order valence-corrected chi connectivity index (χ4v) is 1.41. The number of amides is 1. The molecule has 1 heterocycles. The van der Waals surface area contributed by atoms with Crippen LogP contribution in [0, 0.1) is 0 Å². The summed E-state index contributed by atoms with van der Waals surface area (Å²) in [5, 5.41) is 6.09. The molecule has 1 amide bonds. The molecule has 0 bridgehead atoms. The zero-order valence-corrected chi connectivity index (χ0v) is 12.8. The molecule has 1 aromatic rings. The summed E-state index contributed by atoms with van der Waals surface area (Å²) in [5.74, 6) is 0.544. The van der Waals surface area contributed by atoms with Crippen molar-refractivity contribution in [3.8, 4) is 0 Å². The lowest BCUT2D eigenvalue weighted by atomic mass is 10.3. The van der Waals surface area contributed by atoms with Crippen LogP contribution in [0.2, 0.25) is 0 Å². The molecule has 0 saturated carbocycles. The molecular formula is C14H23N5O2. The van der Waals surface area contributed by atoms with Crippen LogP contribution >= 0.6 is 0 Å². The Kier molecular flexibility index (Phi) is 7.81. The van der Waals surface area contributed by atoms with Crippen LogP contribution in [0.15, 0.2) is 29.4 Å². The summed E-state index contributed by atoms with van der Waals surface area (Å²) in [7, 11) is 5.07. The molecule has 0 aromatic carbocycles. The zero-order chi connectivity index (χ0) is 15.5. The van der Waals surface area contributed by atoms with Gasteiger partial charge in [0.1, 0.15) is 0 Å². The number of guanidine groups is 1. The van der Waals surface area contributed by atoms with Crippen molar-refractivity contribution in [1.29, 1.82) is 0 Å². The topological polar surface area (TPSA) is 78.8 Å². The van der Waals surface area contributed by atoms with Gasteiger partial charge < -0.3 is 20.3 Å². The summed E-state index contributed by atoms with van der Waals surface area (Å²) >= 11 is 0. The Morgan fingerprint density at radius 3 is 2.81 bits per heavy atom. The summed E-state index contributed by atoms with van der Waals surface area (Å²) in [6.07, 6.45) is 1.73. The summed E-state index contributed by atoms with van der Waals surface area (Å²) in [6.45, 7) is 1.81. The first-order chi connectivity index (χ1) is 10.1. The lowest BCUT2D eigenvalue weighted by molar-refractivity contribution is -0.127. The molecule has 0 unspecified atom stereocenters. The number of ether oxygens (including phenoxy) is 1. The van der Waals surface area contributed by atoms with Gasteiger partial charge in [-0.1, -0.05) is 6.07 Å². The third-order valence-electron chi connectivity index (χ3n) is 2.63. The van der Waals surface area contributed by atoms with E-state index in [2.05, 4.69) is 20.6 Å². The molecule has 21 heavy (non-hydrogen) atoms. The zero-order valence-electron chi connectivity index (χ0n) is 12.8. The van der Waals surface area contributed by atoms with Gasteiger partial charge >= 0.3 is 0 Å². The van der Waals surface area contributed by atoms with Crippen LogP contribution in [0.1, 0.15) is 5.69 Å². The largest absolute Gasteiger partial charge is 0.383 e. The molecule has 0 aliphatic heterocycles. The molecule has 0 fully saturated rings. The molecule has 0 spiro atoms. The SMILES string of the molecule is COCCNC(=NCc1ccccn1)NCC(=O)N(C)C. The number of rotatable bonds is 7. The van der Waals surface area contributed by atoms with E-state index < -0.39 is 0 Å². The minimum atomic E-state index is -0.0194. The van der Waals surface area contributed by atoms with Crippen molar-refractivity contribution in [2.24, 2.45) is 4.99 Å². The average molecular weight is 293 g/mol. The van der Waals surface area contributed by atoms with E-state index in [1.54, 1.807) is 27.4 Å². The van der Waals surface area contributed by atoms with Gasteiger partial charge in [0.15, 0.2) is 5.96 Å². The maximum absolute atomic E-state index is 11.6. The fraction of sp³-hybridized carbons (Fsp3) is 0.500. The number of hydrogen-bond donors (Lipinski definition) is 2. The van der Waals surface area contributed by atoms with Gasteiger partial charge in [-0.2, -0.15) is 0 Å². The maximum atomic E-state index is 11.6. The second-order valence-corrected chi connectivity index (χ2v) is 4.55. The van der Waals surface area contributed by atoms with E-state index in [4.69, 9.17) is 4.74 Å². The number of pyridine rings is 1. The van der Waals surface area contributed by atoms with Crippen molar-refractivity contribution in [3.63, 3.8) is 0 Å². The molecule has 0 aliphatic rings. The van der Waals surface area contributed by atoms with Gasteiger partial charge in [0.05, 0.1) is 25.4 Å². The van der Waals surface area contributed by atoms with Gasteiger partial charge in [-0.15, -0.1) is 0 Å². The van der Waals surface area contributed by atoms with Crippen molar-refractivity contribution in [3.05, 3.63) is 30.1 Å². The Morgan fingerprint density at radius 1 is 1.38 bits per heavy atom. The number of carbonyl (C=O) groups is 1. The standard InChI is InChI=1S/C14H23N5O2/c1-19(2)13(20)11-18-14(16-8-9-21-3)17-10-12-6-4-5-7-15-12/h4-7H,8-11H2,1-3H3,(H2,16,17,18). The third kappa shape index (κ3) is 7.26. The molecule has 1 rings (SSSR count). The molecule has 7 nitrogen and oxygen atoms in total. The molecule has 116 valence electrons. The van der Waals surface area contributed by atoms with Gasteiger partial charge in [-0.25, -0.2) is 4.99 Å². The highest BCUT2D eigenvalue weighted by Gasteiger charge is 2.05. The first-order valence-corrected chi connectivity index (χ1v) is 6.74. The predicted molar refractivity (Wildman–Crippen MR) is 82.0 cm³/mol. The van der Waals surface area contributed by atoms with Crippen molar-refractivity contribution in [2.75, 3.05) is 40.9 Å². The molecule has 7 heteroatoms. The van der Waals surface area contributed by atoms with E-state index >= 15 is 0 Å². The highest BCUT2D eigenvalue weighted by Crippen LogP contribution is 1.95. The predicted octanol–water partition coefficient (Wildman–Crippen LogP) is -0.149. The van der Waals surface area contributed by atoms with Gasteiger partial charge in [0.2, 0.25) is 5.91 Å². The van der Waals surface area contributed by atoms with Gasteiger partial charge in [-0.05, 0) is 12.1 Å².